The SMILES string of the molecule is Cc1ccc(Cn2nc(C)c(C(=O)Nc3cc4c(cc3Br)OCCO4)c2Cl)cc1. The molecule has 0 saturated heterocycles. The molecule has 0 atom stereocenters. The number of benzene rings is 2. The first-order valence-corrected chi connectivity index (χ1v) is 10.3. The molecular formula is C21H19BrClN3O3. The first-order chi connectivity index (χ1) is 13.9. The Labute approximate surface area is 181 Å². The van der Waals surface area contributed by atoms with E-state index in [-0.39, 0.29) is 5.91 Å². The van der Waals surface area contributed by atoms with Crippen LogP contribution in [0.3, 0.4) is 0 Å². The van der Waals surface area contributed by atoms with Crippen LogP contribution >= 0.6 is 27.5 Å². The van der Waals surface area contributed by atoms with Crippen molar-refractivity contribution < 1.29 is 14.3 Å². The Morgan fingerprint density at radius 3 is 2.52 bits per heavy atom. The number of amides is 1. The van der Waals surface area contributed by atoms with Crippen molar-refractivity contribution in [3.63, 3.8) is 0 Å². The topological polar surface area (TPSA) is 65.4 Å². The monoisotopic (exact) mass is 475 g/mol. The predicted octanol–water partition coefficient (Wildman–Crippen LogP) is 4.99. The van der Waals surface area contributed by atoms with Gasteiger partial charge in [-0.3, -0.25) is 4.79 Å². The number of carbonyl (C=O) groups excluding carboxylic acids is 1. The molecule has 2 aromatic carbocycles. The molecular weight excluding hydrogens is 458 g/mol. The van der Waals surface area contributed by atoms with E-state index in [1.165, 1.54) is 5.56 Å². The van der Waals surface area contributed by atoms with Gasteiger partial charge < -0.3 is 14.8 Å². The zero-order valence-electron chi connectivity index (χ0n) is 16.0. The molecule has 0 spiro atoms. The zero-order chi connectivity index (χ0) is 20.5. The Morgan fingerprint density at radius 2 is 1.83 bits per heavy atom. The van der Waals surface area contributed by atoms with E-state index in [2.05, 4.69) is 26.3 Å². The second-order valence-corrected chi connectivity index (χ2v) is 8.04. The molecule has 0 unspecified atom stereocenters. The summed E-state index contributed by atoms with van der Waals surface area (Å²) in [4.78, 5) is 12.9. The maximum atomic E-state index is 12.9. The Balaban J connectivity index is 1.58. The average Bonchev–Trinajstić information content (AvgIpc) is 2.97. The maximum absolute atomic E-state index is 12.9. The van der Waals surface area contributed by atoms with Crippen LogP contribution < -0.4 is 14.8 Å². The molecule has 29 heavy (non-hydrogen) atoms. The lowest BCUT2D eigenvalue weighted by molar-refractivity contribution is 0.102. The van der Waals surface area contributed by atoms with E-state index in [1.54, 1.807) is 23.7 Å². The van der Waals surface area contributed by atoms with Crippen LogP contribution in [0.25, 0.3) is 0 Å². The molecule has 150 valence electrons. The van der Waals surface area contributed by atoms with E-state index < -0.39 is 0 Å². The second kappa shape index (κ2) is 8.08. The molecule has 0 radical (unpaired) electrons. The van der Waals surface area contributed by atoms with Gasteiger partial charge in [-0.25, -0.2) is 4.68 Å². The summed E-state index contributed by atoms with van der Waals surface area (Å²) in [6, 6.07) is 11.6. The molecule has 1 amide bonds. The van der Waals surface area contributed by atoms with Crippen LogP contribution in [0, 0.1) is 13.8 Å². The number of fused-ring (bicyclic) bond motifs is 1. The van der Waals surface area contributed by atoms with Crippen molar-refractivity contribution in [2.24, 2.45) is 0 Å². The molecule has 2 heterocycles. The van der Waals surface area contributed by atoms with Gasteiger partial charge >= 0.3 is 0 Å². The van der Waals surface area contributed by atoms with Gasteiger partial charge in [-0.2, -0.15) is 5.10 Å². The highest BCUT2D eigenvalue weighted by Crippen LogP contribution is 2.38. The highest BCUT2D eigenvalue weighted by atomic mass is 79.9. The number of aromatic nitrogens is 2. The number of aryl methyl sites for hydroxylation is 2. The third-order valence-electron chi connectivity index (χ3n) is 4.63. The minimum atomic E-state index is -0.333. The van der Waals surface area contributed by atoms with Crippen LogP contribution in [0.1, 0.15) is 27.2 Å². The van der Waals surface area contributed by atoms with Crippen molar-refractivity contribution in [2.45, 2.75) is 20.4 Å². The van der Waals surface area contributed by atoms with Crippen molar-refractivity contribution in [1.29, 1.82) is 0 Å². The number of halogens is 2. The van der Waals surface area contributed by atoms with E-state index in [9.17, 15) is 4.79 Å². The van der Waals surface area contributed by atoms with E-state index >= 15 is 0 Å². The Kier molecular flexibility index (Phi) is 5.52. The van der Waals surface area contributed by atoms with Crippen molar-refractivity contribution in [1.82, 2.24) is 9.78 Å². The van der Waals surface area contributed by atoms with Crippen molar-refractivity contribution >= 4 is 39.1 Å². The molecule has 0 fully saturated rings. The number of nitrogens with zero attached hydrogens (tertiary/aromatic N) is 2. The normalized spacial score (nSPS) is 12.7. The average molecular weight is 477 g/mol. The molecule has 1 aromatic heterocycles. The molecule has 0 saturated carbocycles. The number of rotatable bonds is 4. The standard InChI is InChI=1S/C21H19BrClN3O3/c1-12-3-5-14(6-4-12)11-26-20(23)19(13(2)25-26)21(27)24-16-10-18-17(9-15(16)22)28-7-8-29-18/h3-6,9-10H,7-8,11H2,1-2H3,(H,24,27). The summed E-state index contributed by atoms with van der Waals surface area (Å²) in [5, 5.41) is 7.63. The molecule has 8 heteroatoms. The van der Waals surface area contributed by atoms with Crippen molar-refractivity contribution in [2.75, 3.05) is 18.5 Å². The van der Waals surface area contributed by atoms with Gasteiger partial charge in [0, 0.05) is 16.6 Å². The fourth-order valence-corrected chi connectivity index (χ4v) is 3.87. The Morgan fingerprint density at radius 1 is 1.17 bits per heavy atom. The fourth-order valence-electron chi connectivity index (χ4n) is 3.13. The quantitative estimate of drug-likeness (QED) is 0.576. The summed E-state index contributed by atoms with van der Waals surface area (Å²) in [7, 11) is 0. The summed E-state index contributed by atoms with van der Waals surface area (Å²) in [5.74, 6) is 0.897. The van der Waals surface area contributed by atoms with E-state index in [4.69, 9.17) is 21.1 Å². The van der Waals surface area contributed by atoms with Crippen LogP contribution in [0.15, 0.2) is 40.9 Å². The first-order valence-electron chi connectivity index (χ1n) is 9.11. The largest absolute Gasteiger partial charge is 0.486 e. The second-order valence-electron chi connectivity index (χ2n) is 6.82. The summed E-state index contributed by atoms with van der Waals surface area (Å²) >= 11 is 9.97. The van der Waals surface area contributed by atoms with Crippen molar-refractivity contribution in [3.05, 3.63) is 68.4 Å². The van der Waals surface area contributed by atoms with Gasteiger partial charge in [-0.15, -0.1) is 0 Å². The lowest BCUT2D eigenvalue weighted by Crippen LogP contribution is -2.17. The Hall–Kier alpha value is -2.51. The number of carbonyl (C=O) groups is 1. The van der Waals surface area contributed by atoms with E-state index in [0.29, 0.717) is 57.8 Å². The zero-order valence-corrected chi connectivity index (χ0v) is 18.3. The van der Waals surface area contributed by atoms with Gasteiger partial charge in [0.15, 0.2) is 11.5 Å². The molecule has 4 rings (SSSR count). The minimum Gasteiger partial charge on any atom is -0.486 e. The van der Waals surface area contributed by atoms with Gasteiger partial charge in [-0.1, -0.05) is 41.4 Å². The Bertz CT molecular complexity index is 1080. The van der Waals surface area contributed by atoms with Gasteiger partial charge in [0.2, 0.25) is 0 Å². The van der Waals surface area contributed by atoms with E-state index in [1.807, 2.05) is 31.2 Å². The molecule has 0 bridgehead atoms. The minimum absolute atomic E-state index is 0.300. The molecule has 1 aliphatic rings. The summed E-state index contributed by atoms with van der Waals surface area (Å²) in [6.07, 6.45) is 0. The molecule has 6 nitrogen and oxygen atoms in total. The summed E-state index contributed by atoms with van der Waals surface area (Å²) < 4.78 is 13.5. The predicted molar refractivity (Wildman–Crippen MR) is 115 cm³/mol. The van der Waals surface area contributed by atoms with Crippen LogP contribution in [0.5, 0.6) is 11.5 Å². The first kappa shape index (κ1) is 19.8. The van der Waals surface area contributed by atoms with Gasteiger partial charge in [0.25, 0.3) is 5.91 Å². The number of nitrogens with one attached hydrogen (secondary N) is 1. The number of anilines is 1. The molecule has 3 aromatic rings. The number of ether oxygens (including phenoxy) is 2. The van der Waals surface area contributed by atoms with Gasteiger partial charge in [0.1, 0.15) is 18.4 Å². The van der Waals surface area contributed by atoms with Crippen molar-refractivity contribution in [3.8, 4) is 11.5 Å². The van der Waals surface area contributed by atoms with Crippen LogP contribution in [-0.4, -0.2) is 28.9 Å². The molecule has 1 N–H and O–H groups in total. The number of hydrogen-bond acceptors (Lipinski definition) is 4. The lowest BCUT2D eigenvalue weighted by atomic mass is 10.1. The van der Waals surface area contributed by atoms with Crippen LogP contribution in [-0.2, 0) is 6.54 Å². The van der Waals surface area contributed by atoms with E-state index in [0.717, 1.165) is 5.56 Å². The summed E-state index contributed by atoms with van der Waals surface area (Å²) in [6.45, 7) is 5.26. The maximum Gasteiger partial charge on any atom is 0.260 e. The summed E-state index contributed by atoms with van der Waals surface area (Å²) in [5.41, 5.74) is 3.72. The van der Waals surface area contributed by atoms with Gasteiger partial charge in [0.05, 0.1) is 23.5 Å². The third kappa shape index (κ3) is 4.11. The highest BCUT2D eigenvalue weighted by Gasteiger charge is 2.22. The molecule has 0 aliphatic carbocycles. The van der Waals surface area contributed by atoms with Crippen LogP contribution in [0.2, 0.25) is 5.15 Å². The van der Waals surface area contributed by atoms with Crippen LogP contribution in [0.4, 0.5) is 5.69 Å². The highest BCUT2D eigenvalue weighted by molar-refractivity contribution is 9.10. The fraction of sp³-hybridized carbons (Fsp3) is 0.238. The lowest BCUT2D eigenvalue weighted by Gasteiger charge is -2.20. The molecule has 1 aliphatic heterocycles. The third-order valence-corrected chi connectivity index (χ3v) is 5.67. The smallest absolute Gasteiger partial charge is 0.260 e. The van der Waals surface area contributed by atoms with Gasteiger partial charge in [-0.05, 0) is 35.3 Å². The number of hydrogen-bond donors (Lipinski definition) is 1.